The predicted molar refractivity (Wildman–Crippen MR) is 116 cm³/mol. The van der Waals surface area contributed by atoms with Crippen LogP contribution >= 0.6 is 0 Å². The number of amides is 1. The molecule has 0 spiro atoms. The molecule has 2 saturated heterocycles. The Labute approximate surface area is 172 Å². The van der Waals surface area contributed by atoms with E-state index in [9.17, 15) is 4.79 Å². The lowest BCUT2D eigenvalue weighted by atomic mass is 10.1. The fourth-order valence-corrected chi connectivity index (χ4v) is 3.91. The first-order valence-electron chi connectivity index (χ1n) is 10.6. The maximum absolute atomic E-state index is 12.7. The molecule has 2 aromatic rings. The predicted octanol–water partition coefficient (Wildman–Crippen LogP) is 2.94. The van der Waals surface area contributed by atoms with Gasteiger partial charge in [-0.1, -0.05) is 42.5 Å². The van der Waals surface area contributed by atoms with Crippen molar-refractivity contribution in [1.82, 2.24) is 19.8 Å². The quantitative estimate of drug-likeness (QED) is 0.784. The fraction of sp³-hybridized carbons (Fsp3) is 0.435. The van der Waals surface area contributed by atoms with E-state index < -0.39 is 0 Å². The lowest BCUT2D eigenvalue weighted by Crippen LogP contribution is -2.47. The normalized spacial score (nSPS) is 18.3. The van der Waals surface area contributed by atoms with E-state index in [1.807, 2.05) is 11.0 Å². The summed E-state index contributed by atoms with van der Waals surface area (Å²) in [5.74, 6) is 0.713. The molecule has 0 radical (unpaired) electrons. The van der Waals surface area contributed by atoms with E-state index in [4.69, 9.17) is 0 Å². The standard InChI is InChI=1S/C23H29N5O/c29-22(27-14-5-2-6-15-27)21-11-12-24-23(25-21)28-18-16-26(17-19-28)13-7-10-20-8-3-1-4-9-20/h1,3-4,7-12H,2,5-6,13-19H2/b10-7+. The molecule has 2 aliphatic rings. The third-order valence-corrected chi connectivity index (χ3v) is 5.63. The smallest absolute Gasteiger partial charge is 0.272 e. The van der Waals surface area contributed by atoms with Crippen LogP contribution in [0.25, 0.3) is 6.08 Å². The van der Waals surface area contributed by atoms with Gasteiger partial charge in [0.15, 0.2) is 0 Å². The first-order chi connectivity index (χ1) is 14.3. The van der Waals surface area contributed by atoms with E-state index in [2.05, 4.69) is 56.2 Å². The summed E-state index contributed by atoms with van der Waals surface area (Å²) in [7, 11) is 0. The highest BCUT2D eigenvalue weighted by Gasteiger charge is 2.22. The Morgan fingerprint density at radius 2 is 1.69 bits per heavy atom. The minimum Gasteiger partial charge on any atom is -0.338 e. The second-order valence-corrected chi connectivity index (χ2v) is 7.70. The van der Waals surface area contributed by atoms with Gasteiger partial charge >= 0.3 is 0 Å². The minimum absolute atomic E-state index is 0.0398. The molecular formula is C23H29N5O. The zero-order valence-electron chi connectivity index (χ0n) is 16.9. The molecule has 0 unspecified atom stereocenters. The second-order valence-electron chi connectivity index (χ2n) is 7.70. The lowest BCUT2D eigenvalue weighted by Gasteiger charge is -2.34. The SMILES string of the molecule is O=C(c1ccnc(N2CCN(C/C=C/c3ccccc3)CC2)n1)N1CCCCC1. The number of aromatic nitrogens is 2. The molecule has 6 heteroatoms. The van der Waals surface area contributed by atoms with Gasteiger partial charge in [0, 0.05) is 52.0 Å². The topological polar surface area (TPSA) is 52.6 Å². The van der Waals surface area contributed by atoms with E-state index in [1.165, 1.54) is 12.0 Å². The van der Waals surface area contributed by atoms with Crippen molar-refractivity contribution in [3.05, 3.63) is 59.9 Å². The van der Waals surface area contributed by atoms with Gasteiger partial charge in [0.25, 0.3) is 5.91 Å². The molecule has 6 nitrogen and oxygen atoms in total. The van der Waals surface area contributed by atoms with Crippen LogP contribution in [0.4, 0.5) is 5.95 Å². The van der Waals surface area contributed by atoms with Crippen molar-refractivity contribution < 1.29 is 4.79 Å². The van der Waals surface area contributed by atoms with Crippen LogP contribution < -0.4 is 4.90 Å². The van der Waals surface area contributed by atoms with Gasteiger partial charge in [0.05, 0.1) is 0 Å². The summed E-state index contributed by atoms with van der Waals surface area (Å²) in [6.45, 7) is 6.30. The molecule has 0 N–H and O–H groups in total. The van der Waals surface area contributed by atoms with Gasteiger partial charge in [0.2, 0.25) is 5.95 Å². The number of benzene rings is 1. The number of likely N-dealkylation sites (tertiary alicyclic amines) is 1. The van der Waals surface area contributed by atoms with E-state index in [-0.39, 0.29) is 5.91 Å². The van der Waals surface area contributed by atoms with Crippen molar-refractivity contribution in [3.63, 3.8) is 0 Å². The molecule has 0 atom stereocenters. The zero-order valence-corrected chi connectivity index (χ0v) is 16.9. The van der Waals surface area contributed by atoms with Gasteiger partial charge < -0.3 is 9.80 Å². The maximum Gasteiger partial charge on any atom is 0.272 e. The Bertz CT molecular complexity index is 824. The summed E-state index contributed by atoms with van der Waals surface area (Å²) in [6, 6.07) is 12.1. The van der Waals surface area contributed by atoms with Crippen LogP contribution in [0.15, 0.2) is 48.7 Å². The van der Waals surface area contributed by atoms with Gasteiger partial charge in [-0.2, -0.15) is 0 Å². The highest BCUT2D eigenvalue weighted by Crippen LogP contribution is 2.15. The van der Waals surface area contributed by atoms with Crippen molar-refractivity contribution in [2.75, 3.05) is 50.7 Å². The van der Waals surface area contributed by atoms with Crippen LogP contribution in [-0.2, 0) is 0 Å². The Hall–Kier alpha value is -2.73. The van der Waals surface area contributed by atoms with Gasteiger partial charge in [-0.25, -0.2) is 9.97 Å². The van der Waals surface area contributed by atoms with Gasteiger partial charge in [-0.15, -0.1) is 0 Å². The number of hydrogen-bond donors (Lipinski definition) is 0. The molecule has 3 heterocycles. The van der Waals surface area contributed by atoms with Gasteiger partial charge in [0.1, 0.15) is 5.69 Å². The third-order valence-electron chi connectivity index (χ3n) is 5.63. The number of piperidine rings is 1. The van der Waals surface area contributed by atoms with Crippen molar-refractivity contribution in [2.24, 2.45) is 0 Å². The van der Waals surface area contributed by atoms with Crippen LogP contribution in [0.1, 0.15) is 35.3 Å². The molecule has 29 heavy (non-hydrogen) atoms. The van der Waals surface area contributed by atoms with E-state index >= 15 is 0 Å². The summed E-state index contributed by atoms with van der Waals surface area (Å²) >= 11 is 0. The first kappa shape index (κ1) is 19.6. The molecule has 2 aliphatic heterocycles. The van der Waals surface area contributed by atoms with Gasteiger partial charge in [-0.3, -0.25) is 9.69 Å². The molecule has 1 aromatic heterocycles. The molecule has 0 saturated carbocycles. The third kappa shape index (κ3) is 5.21. The lowest BCUT2D eigenvalue weighted by molar-refractivity contribution is 0.0718. The van der Waals surface area contributed by atoms with Crippen molar-refractivity contribution >= 4 is 17.9 Å². The number of carbonyl (C=O) groups is 1. The Morgan fingerprint density at radius 1 is 0.931 bits per heavy atom. The van der Waals surface area contributed by atoms with Crippen LogP contribution in [-0.4, -0.2) is 71.5 Å². The van der Waals surface area contributed by atoms with Crippen LogP contribution in [0.2, 0.25) is 0 Å². The summed E-state index contributed by atoms with van der Waals surface area (Å²) in [4.78, 5) is 28.3. The number of piperazine rings is 1. The Kier molecular flexibility index (Phi) is 6.52. The molecule has 0 bridgehead atoms. The molecule has 152 valence electrons. The molecule has 1 aromatic carbocycles. The monoisotopic (exact) mass is 391 g/mol. The highest BCUT2D eigenvalue weighted by atomic mass is 16.2. The van der Waals surface area contributed by atoms with Gasteiger partial charge in [-0.05, 0) is 30.9 Å². The number of carbonyl (C=O) groups excluding carboxylic acids is 1. The molecule has 2 fully saturated rings. The average molecular weight is 392 g/mol. The van der Waals surface area contributed by atoms with E-state index in [0.29, 0.717) is 11.6 Å². The van der Waals surface area contributed by atoms with Crippen LogP contribution in [0.5, 0.6) is 0 Å². The van der Waals surface area contributed by atoms with Crippen molar-refractivity contribution in [3.8, 4) is 0 Å². The summed E-state index contributed by atoms with van der Waals surface area (Å²) in [5, 5.41) is 0. The molecule has 0 aliphatic carbocycles. The van der Waals surface area contributed by atoms with Crippen molar-refractivity contribution in [1.29, 1.82) is 0 Å². The van der Waals surface area contributed by atoms with E-state index in [1.54, 1.807) is 12.3 Å². The largest absolute Gasteiger partial charge is 0.338 e. The summed E-state index contributed by atoms with van der Waals surface area (Å²) < 4.78 is 0. The van der Waals surface area contributed by atoms with Crippen molar-refractivity contribution in [2.45, 2.75) is 19.3 Å². The highest BCUT2D eigenvalue weighted by molar-refractivity contribution is 5.92. The maximum atomic E-state index is 12.7. The average Bonchev–Trinajstić information content (AvgIpc) is 2.80. The van der Waals surface area contributed by atoms with Crippen LogP contribution in [0, 0.1) is 0 Å². The van der Waals surface area contributed by atoms with Crippen LogP contribution in [0.3, 0.4) is 0 Å². The second kappa shape index (κ2) is 9.65. The number of hydrogen-bond acceptors (Lipinski definition) is 5. The summed E-state index contributed by atoms with van der Waals surface area (Å²) in [6.07, 6.45) is 9.50. The number of nitrogens with zero attached hydrogens (tertiary/aromatic N) is 5. The zero-order chi connectivity index (χ0) is 19.9. The summed E-state index contributed by atoms with van der Waals surface area (Å²) in [5.41, 5.74) is 1.75. The minimum atomic E-state index is 0.0398. The molecule has 1 amide bonds. The number of rotatable bonds is 5. The van der Waals surface area contributed by atoms with E-state index in [0.717, 1.165) is 58.7 Å². The molecular weight excluding hydrogens is 362 g/mol. The number of anilines is 1. The first-order valence-corrected chi connectivity index (χ1v) is 10.6. The fourth-order valence-electron chi connectivity index (χ4n) is 3.91. The Morgan fingerprint density at radius 3 is 2.45 bits per heavy atom. The Balaban J connectivity index is 1.30. The molecule has 4 rings (SSSR count).